The number of nitrogens with zero attached hydrogens (tertiary/aromatic N) is 1. The molecule has 1 aliphatic rings. The number of nitrogens with two attached hydrogens (primary N) is 1. The molecular formula is C20H25N3O5S. The van der Waals surface area contributed by atoms with Crippen molar-refractivity contribution in [3.8, 4) is 11.5 Å². The minimum atomic E-state index is -3.80. The highest BCUT2D eigenvalue weighted by Gasteiger charge is 2.24. The highest BCUT2D eigenvalue weighted by molar-refractivity contribution is 7.89. The van der Waals surface area contributed by atoms with Gasteiger partial charge in [-0.1, -0.05) is 12.1 Å². The third-order valence-electron chi connectivity index (χ3n) is 5.03. The van der Waals surface area contributed by atoms with Gasteiger partial charge in [-0.25, -0.2) is 18.4 Å². The minimum absolute atomic E-state index is 0.0176. The zero-order valence-electron chi connectivity index (χ0n) is 16.6. The lowest BCUT2D eigenvalue weighted by atomic mass is 9.99. The number of carbonyl (C=O) groups excluding carboxylic acids is 1. The summed E-state index contributed by atoms with van der Waals surface area (Å²) in [6.07, 6.45) is 0.707. The molecule has 2 aromatic rings. The minimum Gasteiger partial charge on any atom is -0.493 e. The van der Waals surface area contributed by atoms with Crippen molar-refractivity contribution in [1.82, 2.24) is 10.2 Å². The molecule has 3 rings (SSSR count). The average molecular weight is 420 g/mol. The van der Waals surface area contributed by atoms with E-state index in [2.05, 4.69) is 5.32 Å². The van der Waals surface area contributed by atoms with Gasteiger partial charge < -0.3 is 19.7 Å². The second-order valence-corrected chi connectivity index (χ2v) is 8.50. The van der Waals surface area contributed by atoms with Crippen LogP contribution in [-0.4, -0.2) is 40.1 Å². The molecule has 9 heteroatoms. The zero-order chi connectivity index (χ0) is 21.2. The number of amides is 2. The fraction of sp³-hybridized carbons (Fsp3) is 0.350. The predicted octanol–water partition coefficient (Wildman–Crippen LogP) is 2.18. The second kappa shape index (κ2) is 8.30. The maximum absolute atomic E-state index is 12.8. The monoisotopic (exact) mass is 419 g/mol. The SMILES string of the molecule is COc1cc2c(cc1OC)CN(C(=O)N[C@@H](C)c1cccc(S(N)(=O)=O)c1)CC2. The zero-order valence-corrected chi connectivity index (χ0v) is 17.5. The van der Waals surface area contributed by atoms with E-state index in [0.717, 1.165) is 11.1 Å². The Morgan fingerprint density at radius 1 is 1.14 bits per heavy atom. The highest BCUT2D eigenvalue weighted by Crippen LogP contribution is 2.33. The lowest BCUT2D eigenvalue weighted by Crippen LogP contribution is -2.43. The first-order chi connectivity index (χ1) is 13.7. The van der Waals surface area contributed by atoms with Crippen LogP contribution in [0.25, 0.3) is 0 Å². The van der Waals surface area contributed by atoms with E-state index in [1.54, 1.807) is 38.2 Å². The Balaban J connectivity index is 1.72. The van der Waals surface area contributed by atoms with Crippen molar-refractivity contribution in [2.45, 2.75) is 30.8 Å². The molecule has 0 aromatic heterocycles. The second-order valence-electron chi connectivity index (χ2n) is 6.94. The normalized spacial score (nSPS) is 14.7. The van der Waals surface area contributed by atoms with Crippen LogP contribution in [0.1, 0.15) is 29.7 Å². The van der Waals surface area contributed by atoms with Crippen molar-refractivity contribution in [3.63, 3.8) is 0 Å². The third kappa shape index (κ3) is 4.63. The summed E-state index contributed by atoms with van der Waals surface area (Å²) in [6.45, 7) is 2.82. The van der Waals surface area contributed by atoms with Gasteiger partial charge in [0, 0.05) is 13.1 Å². The number of primary sulfonamides is 1. The van der Waals surface area contributed by atoms with Gasteiger partial charge in [0.05, 0.1) is 25.2 Å². The van der Waals surface area contributed by atoms with Crippen molar-refractivity contribution in [2.75, 3.05) is 20.8 Å². The van der Waals surface area contributed by atoms with Gasteiger partial charge in [-0.05, 0) is 54.3 Å². The van der Waals surface area contributed by atoms with E-state index in [9.17, 15) is 13.2 Å². The molecule has 0 saturated heterocycles. The quantitative estimate of drug-likeness (QED) is 0.772. The largest absolute Gasteiger partial charge is 0.493 e. The first kappa shape index (κ1) is 20.9. The Labute approximate surface area is 170 Å². The van der Waals surface area contributed by atoms with Crippen LogP contribution in [0.3, 0.4) is 0 Å². The van der Waals surface area contributed by atoms with Gasteiger partial charge in [0.2, 0.25) is 10.0 Å². The van der Waals surface area contributed by atoms with E-state index in [-0.39, 0.29) is 17.0 Å². The topological polar surface area (TPSA) is 111 Å². The van der Waals surface area contributed by atoms with Gasteiger partial charge >= 0.3 is 6.03 Å². The molecule has 0 saturated carbocycles. The molecule has 2 aromatic carbocycles. The van der Waals surface area contributed by atoms with Gasteiger partial charge in [0.1, 0.15) is 0 Å². The van der Waals surface area contributed by atoms with Crippen molar-refractivity contribution in [3.05, 3.63) is 53.1 Å². The first-order valence-corrected chi connectivity index (χ1v) is 10.7. The number of carbonyl (C=O) groups is 1. The summed E-state index contributed by atoms with van der Waals surface area (Å²) in [7, 11) is -0.624. The van der Waals surface area contributed by atoms with Crippen molar-refractivity contribution in [1.29, 1.82) is 0 Å². The molecule has 0 radical (unpaired) electrons. The number of benzene rings is 2. The average Bonchev–Trinajstić information content (AvgIpc) is 2.71. The third-order valence-corrected chi connectivity index (χ3v) is 5.94. The maximum atomic E-state index is 12.8. The van der Waals surface area contributed by atoms with E-state index in [4.69, 9.17) is 14.6 Å². The van der Waals surface area contributed by atoms with Crippen LogP contribution in [0.5, 0.6) is 11.5 Å². The Kier molecular flexibility index (Phi) is 5.99. The Hall–Kier alpha value is -2.78. The number of hydrogen-bond donors (Lipinski definition) is 2. The molecule has 0 fully saturated rings. The smallest absolute Gasteiger partial charge is 0.318 e. The van der Waals surface area contributed by atoms with Crippen LogP contribution >= 0.6 is 0 Å². The van der Waals surface area contributed by atoms with Crippen molar-refractivity contribution < 1.29 is 22.7 Å². The van der Waals surface area contributed by atoms with Crippen molar-refractivity contribution in [2.24, 2.45) is 5.14 Å². The van der Waals surface area contributed by atoms with Crippen LogP contribution in [-0.2, 0) is 23.0 Å². The number of nitrogens with one attached hydrogen (secondary N) is 1. The lowest BCUT2D eigenvalue weighted by Gasteiger charge is -2.31. The molecule has 0 spiro atoms. The Morgan fingerprint density at radius 2 is 1.79 bits per heavy atom. The number of sulfonamides is 1. The number of ether oxygens (including phenoxy) is 2. The number of rotatable bonds is 5. The van der Waals surface area contributed by atoms with Crippen LogP contribution in [0.4, 0.5) is 4.79 Å². The number of urea groups is 1. The molecule has 1 atom stereocenters. The van der Waals surface area contributed by atoms with E-state index >= 15 is 0 Å². The molecular weight excluding hydrogens is 394 g/mol. The molecule has 0 bridgehead atoms. The summed E-state index contributed by atoms with van der Waals surface area (Å²) < 4.78 is 33.8. The maximum Gasteiger partial charge on any atom is 0.318 e. The Bertz CT molecular complexity index is 1020. The van der Waals surface area contributed by atoms with Crippen LogP contribution in [0.15, 0.2) is 41.3 Å². The fourth-order valence-electron chi connectivity index (χ4n) is 3.38. The molecule has 3 N–H and O–H groups in total. The molecule has 0 aliphatic carbocycles. The number of hydrogen-bond acceptors (Lipinski definition) is 5. The summed E-state index contributed by atoms with van der Waals surface area (Å²) in [5.41, 5.74) is 2.79. The summed E-state index contributed by atoms with van der Waals surface area (Å²) >= 11 is 0. The summed E-state index contributed by atoms with van der Waals surface area (Å²) in [6, 6.07) is 9.50. The first-order valence-electron chi connectivity index (χ1n) is 9.15. The lowest BCUT2D eigenvalue weighted by molar-refractivity contribution is 0.189. The number of fused-ring (bicyclic) bond motifs is 1. The van der Waals surface area contributed by atoms with E-state index in [0.29, 0.717) is 36.6 Å². The predicted molar refractivity (Wildman–Crippen MR) is 108 cm³/mol. The van der Waals surface area contributed by atoms with E-state index in [1.807, 2.05) is 12.1 Å². The molecule has 1 aliphatic heterocycles. The number of methoxy groups -OCH3 is 2. The summed E-state index contributed by atoms with van der Waals surface area (Å²) in [5.74, 6) is 1.30. The van der Waals surface area contributed by atoms with Gasteiger partial charge in [-0.3, -0.25) is 0 Å². The summed E-state index contributed by atoms with van der Waals surface area (Å²) in [5, 5.41) is 8.11. The molecule has 8 nitrogen and oxygen atoms in total. The fourth-order valence-corrected chi connectivity index (χ4v) is 3.95. The van der Waals surface area contributed by atoms with Crippen LogP contribution in [0.2, 0.25) is 0 Å². The molecule has 2 amide bonds. The highest BCUT2D eigenvalue weighted by atomic mass is 32.2. The molecule has 156 valence electrons. The molecule has 0 unspecified atom stereocenters. The molecule has 1 heterocycles. The van der Waals surface area contributed by atoms with Gasteiger partial charge in [0.15, 0.2) is 11.5 Å². The van der Waals surface area contributed by atoms with Gasteiger partial charge in [-0.15, -0.1) is 0 Å². The van der Waals surface area contributed by atoms with Crippen LogP contribution < -0.4 is 19.9 Å². The van der Waals surface area contributed by atoms with Gasteiger partial charge in [-0.2, -0.15) is 0 Å². The van der Waals surface area contributed by atoms with Gasteiger partial charge in [0.25, 0.3) is 0 Å². The standard InChI is InChI=1S/C20H25N3O5S/c1-13(14-5-4-6-17(9-14)29(21,25)26)22-20(24)23-8-7-15-10-18(27-2)19(28-3)11-16(15)12-23/h4-6,9-11,13H,7-8,12H2,1-3H3,(H,22,24)(H2,21,25,26)/t13-/m0/s1. The summed E-state index contributed by atoms with van der Waals surface area (Å²) in [4.78, 5) is 14.5. The van der Waals surface area contributed by atoms with E-state index < -0.39 is 10.0 Å². The Morgan fingerprint density at radius 3 is 2.41 bits per heavy atom. The van der Waals surface area contributed by atoms with E-state index in [1.165, 1.54) is 12.1 Å². The molecule has 29 heavy (non-hydrogen) atoms. The van der Waals surface area contributed by atoms with Crippen molar-refractivity contribution >= 4 is 16.1 Å². The van der Waals surface area contributed by atoms with Crippen LogP contribution in [0, 0.1) is 0 Å².